The minimum Gasteiger partial charge on any atom is -0.497 e. The Hall–Kier alpha value is -3.92. The van der Waals surface area contributed by atoms with Gasteiger partial charge in [0.2, 0.25) is 5.91 Å². The number of amides is 1. The summed E-state index contributed by atoms with van der Waals surface area (Å²) >= 11 is 0. The molecule has 0 atom stereocenters. The van der Waals surface area contributed by atoms with Crippen molar-refractivity contribution in [3.05, 3.63) is 84.2 Å². The van der Waals surface area contributed by atoms with Crippen LogP contribution in [0.5, 0.6) is 5.75 Å². The number of sulfonamides is 1. The Morgan fingerprint density at radius 2 is 1.64 bits per heavy atom. The van der Waals surface area contributed by atoms with Gasteiger partial charge in [0.1, 0.15) is 18.1 Å². The van der Waals surface area contributed by atoms with Crippen LogP contribution in [-0.2, 0) is 19.6 Å². The van der Waals surface area contributed by atoms with Gasteiger partial charge in [0.15, 0.2) is 0 Å². The second-order valence-electron chi connectivity index (χ2n) is 7.75. The molecule has 0 radical (unpaired) electrons. The van der Waals surface area contributed by atoms with Gasteiger partial charge in [-0.2, -0.15) is 0 Å². The zero-order valence-electron chi connectivity index (χ0n) is 19.9. The first-order chi connectivity index (χ1) is 17.3. The molecule has 0 aliphatic carbocycles. The molecular formula is C26H27FN2O6S. The monoisotopic (exact) mass is 514 g/mol. The van der Waals surface area contributed by atoms with Crippen molar-refractivity contribution < 1.29 is 31.9 Å². The molecule has 0 spiro atoms. The van der Waals surface area contributed by atoms with Crippen LogP contribution in [0.25, 0.3) is 0 Å². The average molecular weight is 515 g/mol. The molecular weight excluding hydrogens is 487 g/mol. The third kappa shape index (κ3) is 6.60. The summed E-state index contributed by atoms with van der Waals surface area (Å²) in [6.45, 7) is 1.62. The van der Waals surface area contributed by atoms with E-state index in [4.69, 9.17) is 9.47 Å². The summed E-state index contributed by atoms with van der Waals surface area (Å²) in [4.78, 5) is 24.7. The molecule has 3 aromatic carbocycles. The van der Waals surface area contributed by atoms with Crippen molar-refractivity contribution in [2.75, 3.05) is 29.9 Å². The number of esters is 1. The number of carbonyl (C=O) groups is 2. The van der Waals surface area contributed by atoms with Crippen molar-refractivity contribution in [2.24, 2.45) is 0 Å². The van der Waals surface area contributed by atoms with Gasteiger partial charge in [-0.05, 0) is 67.1 Å². The third-order valence-corrected chi connectivity index (χ3v) is 6.97. The number of hydrogen-bond donors (Lipinski definition) is 1. The molecule has 0 aromatic heterocycles. The molecule has 8 nitrogen and oxygen atoms in total. The number of carbonyl (C=O) groups excluding carboxylic acids is 2. The Balaban J connectivity index is 1.80. The zero-order chi connectivity index (χ0) is 26.1. The van der Waals surface area contributed by atoms with E-state index in [-0.39, 0.29) is 10.6 Å². The van der Waals surface area contributed by atoms with Gasteiger partial charge >= 0.3 is 5.97 Å². The molecule has 36 heavy (non-hydrogen) atoms. The maximum absolute atomic E-state index is 14.6. The topological polar surface area (TPSA) is 102 Å². The Morgan fingerprint density at radius 3 is 2.25 bits per heavy atom. The fourth-order valence-electron chi connectivity index (χ4n) is 3.24. The number of anilines is 2. The quantitative estimate of drug-likeness (QED) is 0.296. The molecule has 0 saturated carbocycles. The number of rotatable bonds is 11. The summed E-state index contributed by atoms with van der Waals surface area (Å²) in [6.07, 6.45) is 1.66. The molecule has 0 fully saturated rings. The molecule has 0 aliphatic rings. The van der Waals surface area contributed by atoms with E-state index in [0.717, 1.165) is 18.9 Å². The third-order valence-electron chi connectivity index (χ3n) is 5.19. The van der Waals surface area contributed by atoms with Gasteiger partial charge in [0.05, 0.1) is 29.9 Å². The smallest absolute Gasteiger partial charge is 0.338 e. The summed E-state index contributed by atoms with van der Waals surface area (Å²) in [5.41, 5.74) is 0.383. The van der Waals surface area contributed by atoms with Crippen LogP contribution in [0.3, 0.4) is 0 Å². The number of nitrogens with one attached hydrogen (secondary N) is 1. The first-order valence-corrected chi connectivity index (χ1v) is 12.7. The molecule has 0 heterocycles. The first-order valence-electron chi connectivity index (χ1n) is 11.2. The second kappa shape index (κ2) is 12.2. The highest BCUT2D eigenvalue weighted by atomic mass is 32.2. The minimum atomic E-state index is -4.30. The van der Waals surface area contributed by atoms with Crippen molar-refractivity contribution in [3.8, 4) is 5.75 Å². The van der Waals surface area contributed by atoms with Gasteiger partial charge in [-0.3, -0.25) is 9.10 Å². The molecule has 190 valence electrons. The van der Waals surface area contributed by atoms with Gasteiger partial charge in [-0.15, -0.1) is 0 Å². The maximum atomic E-state index is 14.6. The lowest BCUT2D eigenvalue weighted by Crippen LogP contribution is -2.38. The van der Waals surface area contributed by atoms with E-state index in [1.807, 2.05) is 6.92 Å². The first kappa shape index (κ1) is 26.7. The van der Waals surface area contributed by atoms with E-state index in [1.165, 1.54) is 73.8 Å². The van der Waals surface area contributed by atoms with Gasteiger partial charge in [-0.25, -0.2) is 17.6 Å². The highest BCUT2D eigenvalue weighted by molar-refractivity contribution is 7.92. The van der Waals surface area contributed by atoms with Crippen LogP contribution in [0, 0.1) is 5.82 Å². The average Bonchev–Trinajstić information content (AvgIpc) is 2.88. The Labute approximate surface area is 209 Å². The van der Waals surface area contributed by atoms with E-state index in [1.54, 1.807) is 0 Å². The van der Waals surface area contributed by atoms with Crippen molar-refractivity contribution in [2.45, 2.75) is 24.7 Å². The fourth-order valence-corrected chi connectivity index (χ4v) is 4.67. The zero-order valence-corrected chi connectivity index (χ0v) is 20.8. The van der Waals surface area contributed by atoms with Crippen LogP contribution in [-0.4, -0.2) is 40.6 Å². The number of para-hydroxylation sites is 1. The normalized spacial score (nSPS) is 11.0. The fraction of sp³-hybridized carbons (Fsp3) is 0.231. The van der Waals surface area contributed by atoms with Crippen LogP contribution in [0.2, 0.25) is 0 Å². The summed E-state index contributed by atoms with van der Waals surface area (Å²) in [7, 11) is -2.86. The van der Waals surface area contributed by atoms with Gasteiger partial charge in [0.25, 0.3) is 10.0 Å². The van der Waals surface area contributed by atoms with E-state index in [2.05, 4.69) is 5.32 Å². The van der Waals surface area contributed by atoms with Crippen molar-refractivity contribution >= 4 is 33.3 Å². The summed E-state index contributed by atoms with van der Waals surface area (Å²) in [5, 5.41) is 2.58. The molecule has 10 heteroatoms. The molecule has 3 rings (SSSR count). The standard InChI is InChI=1S/C26H27FN2O6S/c1-3-4-17-35-26(31)19-9-11-20(12-10-19)28-25(30)18-29(24-8-6-5-7-23(24)27)36(32,33)22-15-13-21(34-2)14-16-22/h5-16H,3-4,17-18H2,1-2H3,(H,28,30). The van der Waals surface area contributed by atoms with E-state index >= 15 is 0 Å². The molecule has 1 amide bonds. The molecule has 0 aliphatic heterocycles. The van der Waals surface area contributed by atoms with Crippen LogP contribution in [0.15, 0.2) is 77.7 Å². The maximum Gasteiger partial charge on any atom is 0.338 e. The van der Waals surface area contributed by atoms with Gasteiger partial charge in [-0.1, -0.05) is 25.5 Å². The molecule has 1 N–H and O–H groups in total. The van der Waals surface area contributed by atoms with Crippen LogP contribution in [0.4, 0.5) is 15.8 Å². The molecule has 0 saturated heterocycles. The van der Waals surface area contributed by atoms with E-state index in [0.29, 0.717) is 27.9 Å². The van der Waals surface area contributed by atoms with Crippen molar-refractivity contribution in [1.82, 2.24) is 0 Å². The number of unbranched alkanes of at least 4 members (excludes halogenated alkanes) is 1. The number of nitrogens with zero attached hydrogens (tertiary/aromatic N) is 1. The predicted octanol–water partition coefficient (Wildman–Crippen LogP) is 4.63. The van der Waals surface area contributed by atoms with Gasteiger partial charge in [0, 0.05) is 5.69 Å². The molecule has 0 bridgehead atoms. The van der Waals surface area contributed by atoms with Crippen LogP contribution >= 0.6 is 0 Å². The van der Waals surface area contributed by atoms with Crippen LogP contribution < -0.4 is 14.4 Å². The van der Waals surface area contributed by atoms with Crippen molar-refractivity contribution in [1.29, 1.82) is 0 Å². The number of methoxy groups -OCH3 is 1. The Kier molecular flexibility index (Phi) is 9.02. The molecule has 0 unspecified atom stereocenters. The minimum absolute atomic E-state index is 0.134. The van der Waals surface area contributed by atoms with E-state index in [9.17, 15) is 22.4 Å². The van der Waals surface area contributed by atoms with E-state index < -0.39 is 34.3 Å². The number of ether oxygens (including phenoxy) is 2. The predicted molar refractivity (Wildman–Crippen MR) is 134 cm³/mol. The molecule has 3 aromatic rings. The Morgan fingerprint density at radius 1 is 0.972 bits per heavy atom. The SMILES string of the molecule is CCCCOC(=O)c1ccc(NC(=O)CN(c2ccccc2F)S(=O)(=O)c2ccc(OC)cc2)cc1. The Bertz CT molecular complexity index is 1290. The number of halogens is 1. The van der Waals surface area contributed by atoms with Crippen molar-refractivity contribution in [3.63, 3.8) is 0 Å². The lowest BCUT2D eigenvalue weighted by atomic mass is 10.2. The lowest BCUT2D eigenvalue weighted by molar-refractivity contribution is -0.114. The highest BCUT2D eigenvalue weighted by Gasteiger charge is 2.29. The summed E-state index contributed by atoms with van der Waals surface area (Å²) in [5.74, 6) is -1.53. The highest BCUT2D eigenvalue weighted by Crippen LogP contribution is 2.27. The largest absolute Gasteiger partial charge is 0.497 e. The second-order valence-corrected chi connectivity index (χ2v) is 9.62. The van der Waals surface area contributed by atoms with Crippen LogP contribution in [0.1, 0.15) is 30.1 Å². The number of benzene rings is 3. The lowest BCUT2D eigenvalue weighted by Gasteiger charge is -2.24. The van der Waals surface area contributed by atoms with Gasteiger partial charge < -0.3 is 14.8 Å². The summed E-state index contributed by atoms with van der Waals surface area (Å²) < 4.78 is 52.3. The number of hydrogen-bond acceptors (Lipinski definition) is 6. The summed E-state index contributed by atoms with van der Waals surface area (Å²) in [6, 6.07) is 16.8.